The van der Waals surface area contributed by atoms with E-state index in [1.165, 1.54) is 193 Å². The van der Waals surface area contributed by atoms with Crippen molar-refractivity contribution >= 4 is 34.4 Å². The summed E-state index contributed by atoms with van der Waals surface area (Å²) in [6, 6.07) is 0. The van der Waals surface area contributed by atoms with E-state index >= 15 is 0 Å². The molecule has 0 atom stereocenters. The zero-order chi connectivity index (χ0) is 32.4. The molecule has 0 radical (unpaired) electrons. The van der Waals surface area contributed by atoms with Crippen LogP contribution in [0.5, 0.6) is 0 Å². The Morgan fingerprint density at radius 3 is 0.696 bits per heavy atom. The molecule has 0 unspecified atom stereocenters. The molecular weight excluding hydrogens is 637 g/mol. The molecule has 6 aliphatic carbocycles. The molecule has 268 valence electrons. The minimum atomic E-state index is -3.09. The molecule has 0 bridgehead atoms. The molecule has 6 rings (SSSR count). The standard InChI is InChI=1S/C42H76Cl2P2/c1-42(2,3)34-41(45(43,35-22-10-4-11-23-35,36-24-12-5-13-25-36)37-26-14-6-15-27-37)46(44,38-28-16-7-17-29-38,39-30-18-8-19-31-39)40-32-20-9-21-33-40/h34-40H,4-33H2,1-3H3. The summed E-state index contributed by atoms with van der Waals surface area (Å²) in [5, 5.41) is 1.99. The van der Waals surface area contributed by atoms with Gasteiger partial charge in [0.05, 0.1) is 0 Å². The Balaban J connectivity index is 1.76. The molecule has 0 aromatic carbocycles. The molecule has 6 saturated carbocycles. The quantitative estimate of drug-likeness (QED) is 0.220. The van der Waals surface area contributed by atoms with E-state index in [0.717, 1.165) is 34.0 Å². The summed E-state index contributed by atoms with van der Waals surface area (Å²) in [5.41, 5.74) is 4.51. The Morgan fingerprint density at radius 2 is 0.543 bits per heavy atom. The van der Waals surface area contributed by atoms with Gasteiger partial charge in [-0.15, -0.1) is 0 Å². The van der Waals surface area contributed by atoms with Gasteiger partial charge in [-0.2, -0.15) is 0 Å². The Kier molecular flexibility index (Phi) is 12.1. The zero-order valence-corrected chi connectivity index (χ0v) is 34.2. The summed E-state index contributed by atoms with van der Waals surface area (Å²) < 4.78 is 0. The van der Waals surface area contributed by atoms with Gasteiger partial charge in [0.15, 0.2) is 0 Å². The van der Waals surface area contributed by atoms with Gasteiger partial charge >= 0.3 is 298 Å². The summed E-state index contributed by atoms with van der Waals surface area (Å²) in [5.74, 6) is -6.17. The van der Waals surface area contributed by atoms with Crippen LogP contribution in [0.1, 0.15) is 213 Å². The van der Waals surface area contributed by atoms with E-state index < -0.39 is 11.9 Å². The van der Waals surface area contributed by atoms with Gasteiger partial charge in [-0.1, -0.05) is 0 Å². The molecule has 0 saturated heterocycles. The molecule has 0 aliphatic heterocycles. The van der Waals surface area contributed by atoms with Crippen molar-refractivity contribution in [3.8, 4) is 0 Å². The molecule has 6 fully saturated rings. The number of halogens is 2. The first-order valence-electron chi connectivity index (χ1n) is 21.3. The van der Waals surface area contributed by atoms with Crippen LogP contribution in [0.15, 0.2) is 11.1 Å². The number of rotatable bonds is 8. The summed E-state index contributed by atoms with van der Waals surface area (Å²) in [4.78, 5) is 0. The topological polar surface area (TPSA) is 0 Å². The van der Waals surface area contributed by atoms with Gasteiger partial charge in [0.1, 0.15) is 0 Å². The Labute approximate surface area is 297 Å². The predicted molar refractivity (Wildman–Crippen MR) is 214 cm³/mol. The van der Waals surface area contributed by atoms with Crippen molar-refractivity contribution < 1.29 is 0 Å². The Morgan fingerprint density at radius 1 is 0.370 bits per heavy atom. The molecular formula is C42H76Cl2P2. The molecule has 0 aromatic rings. The molecule has 0 nitrogen and oxygen atoms in total. The molecule has 0 heterocycles. The first kappa shape index (κ1) is 37.0. The monoisotopic (exact) mass is 712 g/mol. The van der Waals surface area contributed by atoms with Gasteiger partial charge in [-0.05, 0) is 0 Å². The summed E-state index contributed by atoms with van der Waals surface area (Å²) in [7, 11) is 0. The second-order valence-corrected chi connectivity index (χ2v) is 34.1. The average Bonchev–Trinajstić information content (AvgIpc) is 3.12. The first-order valence-corrected chi connectivity index (χ1v) is 28.0. The van der Waals surface area contributed by atoms with E-state index in [4.69, 9.17) is 0 Å². The van der Waals surface area contributed by atoms with Gasteiger partial charge in [0, 0.05) is 0 Å². The van der Waals surface area contributed by atoms with E-state index in [-0.39, 0.29) is 5.41 Å². The van der Waals surface area contributed by atoms with E-state index in [1.54, 1.807) is 0 Å². The fourth-order valence-electron chi connectivity index (χ4n) is 13.7. The zero-order valence-electron chi connectivity index (χ0n) is 30.9. The molecule has 0 N–H and O–H groups in total. The van der Waals surface area contributed by atoms with Gasteiger partial charge < -0.3 is 0 Å². The Hall–Kier alpha value is 1.18. The third-order valence-electron chi connectivity index (χ3n) is 15.4. The van der Waals surface area contributed by atoms with E-state index in [1.807, 2.05) is 5.06 Å². The van der Waals surface area contributed by atoms with Crippen molar-refractivity contribution in [1.29, 1.82) is 0 Å². The fourth-order valence-corrected chi connectivity index (χ4v) is 43.0. The van der Waals surface area contributed by atoms with Crippen molar-refractivity contribution in [2.24, 2.45) is 5.41 Å². The van der Waals surface area contributed by atoms with Crippen LogP contribution in [0.3, 0.4) is 0 Å². The SMILES string of the molecule is CC(C)(C)C=C(P(Cl)(C1CCCCC1)(C1CCCCC1)C1CCCCC1)P(Cl)(C1CCCCC1)(C1CCCCC1)C1CCCCC1. The third-order valence-corrected chi connectivity index (χ3v) is 39.1. The summed E-state index contributed by atoms with van der Waals surface area (Å²) in [6.07, 6.45) is 45.7. The van der Waals surface area contributed by atoms with Crippen molar-refractivity contribution in [3.63, 3.8) is 0 Å². The van der Waals surface area contributed by atoms with E-state index in [9.17, 15) is 22.5 Å². The molecule has 0 spiro atoms. The average molecular weight is 714 g/mol. The van der Waals surface area contributed by atoms with Crippen LogP contribution in [-0.4, -0.2) is 34.0 Å². The van der Waals surface area contributed by atoms with Crippen molar-refractivity contribution in [2.45, 2.75) is 247 Å². The Bertz CT molecular complexity index is 838. The van der Waals surface area contributed by atoms with Crippen LogP contribution < -0.4 is 0 Å². The summed E-state index contributed by atoms with van der Waals surface area (Å²) >= 11 is 19.7. The molecule has 0 amide bonds. The second kappa shape index (κ2) is 15.0. The fraction of sp³-hybridized carbons (Fsp3) is 0.952. The first-order chi connectivity index (χ1) is 22.1. The van der Waals surface area contributed by atoms with Gasteiger partial charge in [0.2, 0.25) is 0 Å². The van der Waals surface area contributed by atoms with Gasteiger partial charge in [-0.25, -0.2) is 0 Å². The van der Waals surface area contributed by atoms with Crippen LogP contribution in [0.4, 0.5) is 0 Å². The predicted octanol–water partition coefficient (Wildman–Crippen LogP) is 16.3. The second-order valence-electron chi connectivity index (χ2n) is 19.0. The minimum absolute atomic E-state index is 0.113. The van der Waals surface area contributed by atoms with Crippen LogP contribution >= 0.6 is 34.4 Å². The normalized spacial score (nSPS) is 29.0. The number of allylic oxidation sites excluding steroid dienone is 1. The molecule has 4 heteroatoms. The third kappa shape index (κ3) is 6.31. The van der Waals surface area contributed by atoms with E-state index in [2.05, 4.69) is 26.8 Å². The van der Waals surface area contributed by atoms with Crippen molar-refractivity contribution in [3.05, 3.63) is 11.1 Å². The van der Waals surface area contributed by atoms with Crippen LogP contribution in [0, 0.1) is 5.41 Å². The maximum atomic E-state index is 9.85. The maximum absolute atomic E-state index is 9.85. The van der Waals surface area contributed by atoms with Gasteiger partial charge in [-0.3, -0.25) is 0 Å². The molecule has 6 aliphatic rings. The van der Waals surface area contributed by atoms with Crippen LogP contribution in [0.2, 0.25) is 0 Å². The number of hydrogen-bond acceptors (Lipinski definition) is 0. The summed E-state index contributed by atoms with van der Waals surface area (Å²) in [6.45, 7) is 7.69. The van der Waals surface area contributed by atoms with Gasteiger partial charge in [0.25, 0.3) is 0 Å². The van der Waals surface area contributed by atoms with E-state index in [0.29, 0.717) is 0 Å². The van der Waals surface area contributed by atoms with Crippen molar-refractivity contribution in [2.75, 3.05) is 0 Å². The van der Waals surface area contributed by atoms with Crippen LogP contribution in [0.25, 0.3) is 0 Å². The van der Waals surface area contributed by atoms with Crippen LogP contribution in [-0.2, 0) is 0 Å². The van der Waals surface area contributed by atoms with Crippen molar-refractivity contribution in [1.82, 2.24) is 0 Å². The molecule has 0 aromatic heterocycles. The molecule has 46 heavy (non-hydrogen) atoms. The number of hydrogen-bond donors (Lipinski definition) is 0.